The molecule has 25 heavy (non-hydrogen) atoms. The van der Waals surface area contributed by atoms with Crippen molar-refractivity contribution < 1.29 is 19.4 Å². The number of methoxy groups -OCH3 is 1. The van der Waals surface area contributed by atoms with Gasteiger partial charge in [0.2, 0.25) is 0 Å². The molecule has 0 spiro atoms. The number of hydrogen-bond donors (Lipinski definition) is 3. The summed E-state index contributed by atoms with van der Waals surface area (Å²) in [5.74, 6) is -1.42. The first-order chi connectivity index (χ1) is 11.8. The van der Waals surface area contributed by atoms with Crippen molar-refractivity contribution in [1.82, 2.24) is 5.32 Å². The summed E-state index contributed by atoms with van der Waals surface area (Å²) in [5, 5.41) is 14.6. The summed E-state index contributed by atoms with van der Waals surface area (Å²) in [7, 11) is 1.34. The number of thiocarbonyl (C=S) groups is 1. The van der Waals surface area contributed by atoms with E-state index in [0.29, 0.717) is 11.3 Å². The molecule has 0 saturated carbocycles. The van der Waals surface area contributed by atoms with Crippen LogP contribution in [0, 0.1) is 6.92 Å². The number of rotatable bonds is 4. The molecular formula is C17H15ClN2O4S. The van der Waals surface area contributed by atoms with Gasteiger partial charge >= 0.3 is 5.97 Å². The van der Waals surface area contributed by atoms with Crippen molar-refractivity contribution in [2.45, 2.75) is 6.92 Å². The van der Waals surface area contributed by atoms with Crippen molar-refractivity contribution in [3.05, 3.63) is 58.1 Å². The van der Waals surface area contributed by atoms with Gasteiger partial charge in [-0.3, -0.25) is 10.1 Å². The highest BCUT2D eigenvalue weighted by Crippen LogP contribution is 2.31. The first kappa shape index (κ1) is 18.7. The minimum absolute atomic E-state index is 0.0264. The Morgan fingerprint density at radius 1 is 1.24 bits per heavy atom. The summed E-state index contributed by atoms with van der Waals surface area (Å²) in [6, 6.07) is 9.70. The SMILES string of the molecule is COc1cc(NC(=S)NC(=O)c2cccc(C)c2)c(Cl)cc1C(=O)O. The van der Waals surface area contributed by atoms with Gasteiger partial charge in [0, 0.05) is 11.6 Å². The third kappa shape index (κ3) is 4.68. The van der Waals surface area contributed by atoms with Gasteiger partial charge in [-0.1, -0.05) is 29.3 Å². The van der Waals surface area contributed by atoms with Gasteiger partial charge in [-0.05, 0) is 37.3 Å². The van der Waals surface area contributed by atoms with Crippen molar-refractivity contribution in [3.63, 3.8) is 0 Å². The molecule has 6 nitrogen and oxygen atoms in total. The lowest BCUT2D eigenvalue weighted by atomic mass is 10.1. The van der Waals surface area contributed by atoms with Crippen LogP contribution in [0.3, 0.4) is 0 Å². The second kappa shape index (κ2) is 7.96. The molecular weight excluding hydrogens is 364 g/mol. The molecule has 2 rings (SSSR count). The molecule has 0 unspecified atom stereocenters. The lowest BCUT2D eigenvalue weighted by molar-refractivity contribution is 0.0693. The maximum absolute atomic E-state index is 12.2. The predicted molar refractivity (Wildman–Crippen MR) is 99.8 cm³/mol. The molecule has 0 radical (unpaired) electrons. The summed E-state index contributed by atoms with van der Waals surface area (Å²) in [6.45, 7) is 1.88. The molecule has 0 saturated heterocycles. The number of anilines is 1. The standard InChI is InChI=1S/C17H15ClN2O4S/c1-9-4-3-5-10(6-9)15(21)20-17(25)19-13-8-14(24-2)11(16(22)23)7-12(13)18/h3-8H,1-2H3,(H,22,23)(H2,19,20,21,25). The Hall–Kier alpha value is -2.64. The molecule has 3 N–H and O–H groups in total. The number of carbonyl (C=O) groups is 2. The third-order valence-electron chi connectivity index (χ3n) is 3.28. The van der Waals surface area contributed by atoms with Crippen LogP contribution in [0.2, 0.25) is 5.02 Å². The molecule has 0 aromatic heterocycles. The summed E-state index contributed by atoms with van der Waals surface area (Å²) >= 11 is 11.2. The Balaban J connectivity index is 2.15. The van der Waals surface area contributed by atoms with Gasteiger partial charge in [0.25, 0.3) is 5.91 Å². The van der Waals surface area contributed by atoms with E-state index >= 15 is 0 Å². The Kier molecular flexibility index (Phi) is 5.95. The van der Waals surface area contributed by atoms with Crippen LogP contribution in [-0.4, -0.2) is 29.2 Å². The largest absolute Gasteiger partial charge is 0.496 e. The molecule has 0 aliphatic carbocycles. The normalized spacial score (nSPS) is 10.0. The van der Waals surface area contributed by atoms with Crippen LogP contribution in [0.5, 0.6) is 5.75 Å². The highest BCUT2D eigenvalue weighted by atomic mass is 35.5. The van der Waals surface area contributed by atoms with E-state index in [-0.39, 0.29) is 27.4 Å². The predicted octanol–water partition coefficient (Wildman–Crippen LogP) is 3.48. The van der Waals surface area contributed by atoms with E-state index in [1.54, 1.807) is 18.2 Å². The van der Waals surface area contributed by atoms with Crippen molar-refractivity contribution >= 4 is 46.5 Å². The third-order valence-corrected chi connectivity index (χ3v) is 3.79. The van der Waals surface area contributed by atoms with Crippen LogP contribution < -0.4 is 15.4 Å². The van der Waals surface area contributed by atoms with Crippen molar-refractivity contribution in [3.8, 4) is 5.75 Å². The Morgan fingerprint density at radius 2 is 1.96 bits per heavy atom. The topological polar surface area (TPSA) is 87.7 Å². The number of amides is 1. The number of carboxylic acid groups (broad SMARTS) is 1. The van der Waals surface area contributed by atoms with Crippen molar-refractivity contribution in [2.75, 3.05) is 12.4 Å². The molecule has 0 atom stereocenters. The molecule has 1 amide bonds. The van der Waals surface area contributed by atoms with E-state index < -0.39 is 5.97 Å². The van der Waals surface area contributed by atoms with E-state index in [1.807, 2.05) is 13.0 Å². The number of nitrogens with one attached hydrogen (secondary N) is 2. The van der Waals surface area contributed by atoms with Crippen LogP contribution in [0.4, 0.5) is 5.69 Å². The fourth-order valence-corrected chi connectivity index (χ4v) is 2.51. The molecule has 130 valence electrons. The Labute approximate surface area is 154 Å². The molecule has 0 heterocycles. The van der Waals surface area contributed by atoms with Gasteiger partial charge in [-0.25, -0.2) is 4.79 Å². The number of aromatic carboxylic acids is 1. The summed E-state index contributed by atoms with van der Waals surface area (Å²) in [4.78, 5) is 23.3. The monoisotopic (exact) mass is 378 g/mol. The first-order valence-electron chi connectivity index (χ1n) is 7.11. The number of aryl methyl sites for hydroxylation is 1. The van der Waals surface area contributed by atoms with Crippen LogP contribution in [-0.2, 0) is 0 Å². The second-order valence-corrected chi connectivity index (χ2v) is 5.93. The average molecular weight is 379 g/mol. The zero-order valence-corrected chi connectivity index (χ0v) is 15.0. The fourth-order valence-electron chi connectivity index (χ4n) is 2.10. The second-order valence-electron chi connectivity index (χ2n) is 5.12. The van der Waals surface area contributed by atoms with Gasteiger partial charge in [0.15, 0.2) is 5.11 Å². The minimum Gasteiger partial charge on any atom is -0.496 e. The number of ether oxygens (including phenoxy) is 1. The number of benzene rings is 2. The van der Waals surface area contributed by atoms with E-state index in [2.05, 4.69) is 10.6 Å². The lowest BCUT2D eigenvalue weighted by Gasteiger charge is -2.13. The highest BCUT2D eigenvalue weighted by Gasteiger charge is 2.16. The van der Waals surface area contributed by atoms with E-state index in [1.165, 1.54) is 19.2 Å². The molecule has 8 heteroatoms. The molecule has 0 fully saturated rings. The molecule has 2 aromatic carbocycles. The molecule has 0 aliphatic heterocycles. The van der Waals surface area contributed by atoms with Gasteiger partial charge in [-0.15, -0.1) is 0 Å². The minimum atomic E-state index is -1.17. The lowest BCUT2D eigenvalue weighted by Crippen LogP contribution is -2.34. The van der Waals surface area contributed by atoms with Gasteiger partial charge in [0.1, 0.15) is 11.3 Å². The first-order valence-corrected chi connectivity index (χ1v) is 7.90. The fraction of sp³-hybridized carbons (Fsp3) is 0.118. The number of carboxylic acids is 1. The Bertz CT molecular complexity index is 855. The van der Waals surface area contributed by atoms with Crippen LogP contribution in [0.15, 0.2) is 36.4 Å². The smallest absolute Gasteiger partial charge is 0.339 e. The van der Waals surface area contributed by atoms with Crippen molar-refractivity contribution in [1.29, 1.82) is 0 Å². The van der Waals surface area contributed by atoms with Gasteiger partial charge in [-0.2, -0.15) is 0 Å². The summed E-state index contributed by atoms with van der Waals surface area (Å²) < 4.78 is 5.04. The zero-order valence-electron chi connectivity index (χ0n) is 13.4. The summed E-state index contributed by atoms with van der Waals surface area (Å²) in [6.07, 6.45) is 0. The molecule has 0 aliphatic rings. The number of carbonyl (C=O) groups excluding carboxylic acids is 1. The molecule has 0 bridgehead atoms. The van der Waals surface area contributed by atoms with Crippen LogP contribution in [0.1, 0.15) is 26.3 Å². The van der Waals surface area contributed by atoms with E-state index in [9.17, 15) is 9.59 Å². The zero-order chi connectivity index (χ0) is 18.6. The maximum atomic E-state index is 12.2. The molecule has 2 aromatic rings. The maximum Gasteiger partial charge on any atom is 0.339 e. The van der Waals surface area contributed by atoms with Crippen molar-refractivity contribution in [2.24, 2.45) is 0 Å². The quantitative estimate of drug-likeness (QED) is 0.706. The van der Waals surface area contributed by atoms with Crippen LogP contribution in [0.25, 0.3) is 0 Å². The summed E-state index contributed by atoms with van der Waals surface area (Å²) in [5.41, 5.74) is 1.66. The van der Waals surface area contributed by atoms with Gasteiger partial charge < -0.3 is 15.2 Å². The Morgan fingerprint density at radius 3 is 2.56 bits per heavy atom. The van der Waals surface area contributed by atoms with Crippen LogP contribution >= 0.6 is 23.8 Å². The highest BCUT2D eigenvalue weighted by molar-refractivity contribution is 7.80. The van der Waals surface area contributed by atoms with E-state index in [0.717, 1.165) is 5.56 Å². The average Bonchev–Trinajstić information content (AvgIpc) is 2.56. The van der Waals surface area contributed by atoms with E-state index in [4.69, 9.17) is 33.7 Å². The van der Waals surface area contributed by atoms with Gasteiger partial charge in [0.05, 0.1) is 17.8 Å². The number of hydrogen-bond acceptors (Lipinski definition) is 4. The number of halogens is 1.